The standard InChI is InChI=1S/C15H26BNO4/c1-13(2)9-8-11(10-17(13)12(18)19-7)16-20-14(3,4)15(5,6)21-16/h8H,9-10H2,1-7H3. The Morgan fingerprint density at radius 3 is 2.19 bits per heavy atom. The molecule has 2 rings (SSSR count). The first-order valence-electron chi connectivity index (χ1n) is 7.40. The maximum Gasteiger partial charge on any atom is 0.492 e. The molecule has 1 fully saturated rings. The minimum absolute atomic E-state index is 0.264. The van der Waals surface area contributed by atoms with Gasteiger partial charge in [-0.3, -0.25) is 4.90 Å². The fraction of sp³-hybridized carbons (Fsp3) is 0.800. The molecule has 1 saturated heterocycles. The lowest BCUT2D eigenvalue weighted by molar-refractivity contribution is 0.00578. The summed E-state index contributed by atoms with van der Waals surface area (Å²) >= 11 is 0. The molecule has 0 aliphatic carbocycles. The molecule has 0 radical (unpaired) electrons. The summed E-state index contributed by atoms with van der Waals surface area (Å²) in [6.45, 7) is 12.6. The van der Waals surface area contributed by atoms with Crippen LogP contribution in [0.15, 0.2) is 11.5 Å². The lowest BCUT2D eigenvalue weighted by Crippen LogP contribution is -2.52. The largest absolute Gasteiger partial charge is 0.492 e. The number of ether oxygens (including phenoxy) is 1. The van der Waals surface area contributed by atoms with E-state index in [0.717, 1.165) is 11.9 Å². The Hall–Kier alpha value is -1.01. The highest BCUT2D eigenvalue weighted by atomic mass is 16.7. The van der Waals surface area contributed by atoms with Crippen molar-refractivity contribution in [1.82, 2.24) is 4.90 Å². The summed E-state index contributed by atoms with van der Waals surface area (Å²) in [6.07, 6.45) is 2.56. The average Bonchev–Trinajstić information content (AvgIpc) is 2.57. The van der Waals surface area contributed by atoms with Gasteiger partial charge in [0.25, 0.3) is 0 Å². The summed E-state index contributed by atoms with van der Waals surface area (Å²) in [7, 11) is 1.00. The van der Waals surface area contributed by atoms with Gasteiger partial charge in [0.05, 0.1) is 18.3 Å². The molecule has 118 valence electrons. The van der Waals surface area contributed by atoms with E-state index in [-0.39, 0.29) is 22.8 Å². The molecular formula is C15H26BNO4. The number of carbonyl (C=O) groups excluding carboxylic acids is 1. The second-order valence-electron chi connectivity index (χ2n) is 7.44. The first kappa shape index (κ1) is 16.4. The van der Waals surface area contributed by atoms with Crippen LogP contribution in [0.2, 0.25) is 0 Å². The third kappa shape index (κ3) is 2.83. The number of amides is 1. The number of rotatable bonds is 1. The van der Waals surface area contributed by atoms with E-state index in [1.807, 2.05) is 41.5 Å². The molecule has 21 heavy (non-hydrogen) atoms. The van der Waals surface area contributed by atoms with Crippen LogP contribution in [0.25, 0.3) is 0 Å². The second-order valence-corrected chi connectivity index (χ2v) is 7.44. The summed E-state index contributed by atoms with van der Waals surface area (Å²) in [6, 6.07) is 0. The molecule has 5 nitrogen and oxygen atoms in total. The van der Waals surface area contributed by atoms with E-state index in [2.05, 4.69) is 6.08 Å². The van der Waals surface area contributed by atoms with Crippen molar-refractivity contribution >= 4 is 13.2 Å². The van der Waals surface area contributed by atoms with Gasteiger partial charge in [0.1, 0.15) is 0 Å². The maximum atomic E-state index is 12.0. The van der Waals surface area contributed by atoms with Crippen molar-refractivity contribution < 1.29 is 18.8 Å². The first-order chi connectivity index (χ1) is 9.50. The van der Waals surface area contributed by atoms with Crippen molar-refractivity contribution in [3.8, 4) is 0 Å². The van der Waals surface area contributed by atoms with Crippen molar-refractivity contribution in [2.75, 3.05) is 13.7 Å². The molecule has 0 spiro atoms. The molecule has 0 aromatic rings. The van der Waals surface area contributed by atoms with Crippen LogP contribution < -0.4 is 0 Å². The predicted octanol–water partition coefficient (Wildman–Crippen LogP) is 2.79. The Bertz CT molecular complexity index is 454. The number of nitrogens with zero attached hydrogens (tertiary/aromatic N) is 1. The first-order valence-corrected chi connectivity index (χ1v) is 7.40. The minimum atomic E-state index is -0.404. The smallest absolute Gasteiger partial charge is 0.453 e. The van der Waals surface area contributed by atoms with E-state index in [1.54, 1.807) is 4.90 Å². The molecular weight excluding hydrogens is 269 g/mol. The molecule has 0 aromatic heterocycles. The Morgan fingerprint density at radius 2 is 1.71 bits per heavy atom. The minimum Gasteiger partial charge on any atom is -0.453 e. The summed E-state index contributed by atoms with van der Waals surface area (Å²) in [5, 5.41) is 0. The van der Waals surface area contributed by atoms with Crippen LogP contribution in [0.4, 0.5) is 4.79 Å². The number of hydrogen-bond donors (Lipinski definition) is 0. The molecule has 2 heterocycles. The van der Waals surface area contributed by atoms with Gasteiger partial charge in [-0.2, -0.15) is 0 Å². The van der Waals surface area contributed by atoms with Crippen LogP contribution in [0.3, 0.4) is 0 Å². The molecule has 0 unspecified atom stereocenters. The molecule has 0 atom stereocenters. The van der Waals surface area contributed by atoms with E-state index in [9.17, 15) is 4.79 Å². The van der Waals surface area contributed by atoms with Crippen LogP contribution in [-0.4, -0.2) is 48.5 Å². The Morgan fingerprint density at radius 1 is 1.19 bits per heavy atom. The molecule has 2 aliphatic heterocycles. The molecule has 1 amide bonds. The molecule has 0 N–H and O–H groups in total. The zero-order chi connectivity index (χ0) is 16.1. The van der Waals surface area contributed by atoms with Crippen LogP contribution in [-0.2, 0) is 14.0 Å². The van der Waals surface area contributed by atoms with Gasteiger partial charge in [-0.1, -0.05) is 6.08 Å². The number of hydrogen-bond acceptors (Lipinski definition) is 4. The Labute approximate surface area is 127 Å². The van der Waals surface area contributed by atoms with Crippen molar-refractivity contribution in [3.05, 3.63) is 11.5 Å². The van der Waals surface area contributed by atoms with Crippen LogP contribution in [0, 0.1) is 0 Å². The normalized spacial score (nSPS) is 26.5. The molecule has 0 aromatic carbocycles. The third-order valence-corrected chi connectivity index (χ3v) is 4.89. The molecule has 6 heteroatoms. The lowest BCUT2D eigenvalue weighted by Gasteiger charge is -2.41. The van der Waals surface area contributed by atoms with Crippen molar-refractivity contribution in [3.63, 3.8) is 0 Å². The zero-order valence-electron chi connectivity index (χ0n) is 14.1. The van der Waals surface area contributed by atoms with Crippen LogP contribution in [0.5, 0.6) is 0 Å². The van der Waals surface area contributed by atoms with Gasteiger partial charge in [0, 0.05) is 12.1 Å². The van der Waals surface area contributed by atoms with E-state index in [0.29, 0.717) is 6.54 Å². The van der Waals surface area contributed by atoms with Crippen molar-refractivity contribution in [2.45, 2.75) is 64.7 Å². The monoisotopic (exact) mass is 295 g/mol. The lowest BCUT2D eigenvalue weighted by atomic mass is 9.73. The third-order valence-electron chi connectivity index (χ3n) is 4.89. The quantitative estimate of drug-likeness (QED) is 0.698. The summed E-state index contributed by atoms with van der Waals surface area (Å²) in [5.74, 6) is 0. The van der Waals surface area contributed by atoms with Gasteiger partial charge in [0.2, 0.25) is 0 Å². The Kier molecular flexibility index (Phi) is 3.91. The summed E-state index contributed by atoms with van der Waals surface area (Å²) < 4.78 is 17.0. The highest BCUT2D eigenvalue weighted by Gasteiger charge is 2.53. The van der Waals surface area contributed by atoms with Crippen molar-refractivity contribution in [2.24, 2.45) is 0 Å². The van der Waals surface area contributed by atoms with Crippen LogP contribution in [0.1, 0.15) is 48.0 Å². The Balaban J connectivity index is 2.20. The number of methoxy groups -OCH3 is 1. The fourth-order valence-corrected chi connectivity index (χ4v) is 2.54. The predicted molar refractivity (Wildman–Crippen MR) is 82.0 cm³/mol. The summed E-state index contributed by atoms with van der Waals surface area (Å²) in [5.41, 5.74) is -0.0259. The van der Waals surface area contributed by atoms with Gasteiger partial charge in [-0.15, -0.1) is 0 Å². The fourth-order valence-electron chi connectivity index (χ4n) is 2.54. The van der Waals surface area contributed by atoms with E-state index >= 15 is 0 Å². The van der Waals surface area contributed by atoms with Gasteiger partial charge >= 0.3 is 13.2 Å². The van der Waals surface area contributed by atoms with Gasteiger partial charge in [-0.05, 0) is 53.4 Å². The summed E-state index contributed by atoms with van der Waals surface area (Å²) in [4.78, 5) is 13.7. The highest BCUT2D eigenvalue weighted by Crippen LogP contribution is 2.40. The maximum absolute atomic E-state index is 12.0. The molecule has 0 saturated carbocycles. The van der Waals surface area contributed by atoms with E-state index < -0.39 is 7.12 Å². The van der Waals surface area contributed by atoms with Gasteiger partial charge in [-0.25, -0.2) is 4.79 Å². The SMILES string of the molecule is COC(=O)N1CC(B2OC(C)(C)C(C)(C)O2)=CCC1(C)C. The van der Waals surface area contributed by atoms with Gasteiger partial charge in [0.15, 0.2) is 0 Å². The molecule has 0 bridgehead atoms. The second kappa shape index (κ2) is 5.02. The number of carbonyl (C=O) groups is 1. The van der Waals surface area contributed by atoms with Crippen molar-refractivity contribution in [1.29, 1.82) is 0 Å². The average molecular weight is 295 g/mol. The van der Waals surface area contributed by atoms with Gasteiger partial charge < -0.3 is 14.0 Å². The topological polar surface area (TPSA) is 48.0 Å². The zero-order valence-corrected chi connectivity index (χ0v) is 14.1. The van der Waals surface area contributed by atoms with E-state index in [4.69, 9.17) is 14.0 Å². The molecule has 2 aliphatic rings. The van der Waals surface area contributed by atoms with E-state index in [1.165, 1.54) is 7.11 Å². The van der Waals surface area contributed by atoms with Crippen LogP contribution >= 0.6 is 0 Å². The highest BCUT2D eigenvalue weighted by molar-refractivity contribution is 6.54.